The van der Waals surface area contributed by atoms with E-state index in [1.807, 2.05) is 42.5 Å². The predicted octanol–water partition coefficient (Wildman–Crippen LogP) is 3.76. The third-order valence-corrected chi connectivity index (χ3v) is 3.85. The number of nitrogens with one attached hydrogen (secondary N) is 3. The van der Waals surface area contributed by atoms with Crippen molar-refractivity contribution in [1.29, 1.82) is 0 Å². The van der Waals surface area contributed by atoms with E-state index in [1.54, 1.807) is 24.3 Å². The van der Waals surface area contributed by atoms with Crippen molar-refractivity contribution in [3.05, 3.63) is 79.0 Å². The summed E-state index contributed by atoms with van der Waals surface area (Å²) in [6.07, 6.45) is 1.60. The molecule has 0 aliphatic carbocycles. The van der Waals surface area contributed by atoms with Crippen molar-refractivity contribution in [3.63, 3.8) is 0 Å². The lowest BCUT2D eigenvalue weighted by atomic mass is 10.2. The number of carbonyl (C=O) groups excluding carboxylic acids is 2. The fourth-order valence-corrected chi connectivity index (χ4v) is 2.63. The Morgan fingerprint density at radius 1 is 1.00 bits per heavy atom. The molecule has 1 aromatic heterocycles. The number of amides is 2. The first-order chi connectivity index (χ1) is 14.0. The molecule has 3 rings (SSSR count). The second-order valence-electron chi connectivity index (χ2n) is 6.21. The van der Waals surface area contributed by atoms with E-state index in [4.69, 9.17) is 0 Å². The lowest BCUT2D eigenvalue weighted by molar-refractivity contribution is -0.114. The third-order valence-electron chi connectivity index (χ3n) is 3.85. The molecule has 3 N–H and O–H groups in total. The van der Waals surface area contributed by atoms with E-state index in [0.717, 1.165) is 5.56 Å². The summed E-state index contributed by atoms with van der Waals surface area (Å²) < 4.78 is 0. The van der Waals surface area contributed by atoms with Gasteiger partial charge in [0.25, 0.3) is 5.91 Å². The number of rotatable bonds is 7. The average molecular weight is 387 g/mol. The second kappa shape index (κ2) is 9.27. The molecule has 0 atom stereocenters. The summed E-state index contributed by atoms with van der Waals surface area (Å²) in [6, 6.07) is 18.2. The Labute approximate surface area is 168 Å². The van der Waals surface area contributed by atoms with Crippen LogP contribution in [-0.2, 0) is 4.79 Å². The number of carbonyl (C=O) groups is 2. The van der Waals surface area contributed by atoms with Gasteiger partial charge in [-0.1, -0.05) is 42.5 Å². The molecule has 0 radical (unpaired) electrons. The summed E-state index contributed by atoms with van der Waals surface area (Å²) in [5.41, 5.74) is 2.40. The van der Waals surface area contributed by atoms with E-state index >= 15 is 0 Å². The van der Waals surface area contributed by atoms with E-state index in [1.165, 1.54) is 6.92 Å². The van der Waals surface area contributed by atoms with Crippen LogP contribution in [0.5, 0.6) is 0 Å². The SMILES string of the molecule is C=CCNC(=O)c1cc(Nc2cccc(NC(C)=O)c2)nc(-c2ccccc2)n1. The molecule has 3 aromatic rings. The number of nitrogens with zero attached hydrogens (tertiary/aromatic N) is 2. The zero-order chi connectivity index (χ0) is 20.6. The van der Waals surface area contributed by atoms with Crippen LogP contribution in [0.25, 0.3) is 11.4 Å². The van der Waals surface area contributed by atoms with Crippen LogP contribution >= 0.6 is 0 Å². The molecule has 7 heteroatoms. The molecule has 0 aliphatic rings. The summed E-state index contributed by atoms with van der Waals surface area (Å²) in [4.78, 5) is 32.7. The Morgan fingerprint density at radius 3 is 2.48 bits per heavy atom. The maximum Gasteiger partial charge on any atom is 0.270 e. The quantitative estimate of drug-likeness (QED) is 0.537. The summed E-state index contributed by atoms with van der Waals surface area (Å²) >= 11 is 0. The molecule has 0 saturated carbocycles. The molecule has 0 spiro atoms. The number of anilines is 3. The smallest absolute Gasteiger partial charge is 0.270 e. The molecular weight excluding hydrogens is 366 g/mol. The van der Waals surface area contributed by atoms with Crippen LogP contribution in [0.2, 0.25) is 0 Å². The minimum Gasteiger partial charge on any atom is -0.347 e. The highest BCUT2D eigenvalue weighted by Crippen LogP contribution is 2.22. The zero-order valence-corrected chi connectivity index (χ0v) is 16.0. The maximum absolute atomic E-state index is 12.4. The Bertz CT molecular complexity index is 1030. The van der Waals surface area contributed by atoms with Gasteiger partial charge in [0.2, 0.25) is 5.91 Å². The average Bonchev–Trinajstić information content (AvgIpc) is 2.72. The third kappa shape index (κ3) is 5.49. The second-order valence-corrected chi connectivity index (χ2v) is 6.21. The van der Waals surface area contributed by atoms with Gasteiger partial charge >= 0.3 is 0 Å². The maximum atomic E-state index is 12.4. The van der Waals surface area contributed by atoms with Gasteiger partial charge in [0.1, 0.15) is 11.5 Å². The van der Waals surface area contributed by atoms with Gasteiger partial charge in [-0.05, 0) is 18.2 Å². The van der Waals surface area contributed by atoms with Crippen LogP contribution in [0.1, 0.15) is 17.4 Å². The molecule has 0 unspecified atom stereocenters. The molecule has 0 saturated heterocycles. The van der Waals surface area contributed by atoms with Crippen molar-refractivity contribution in [1.82, 2.24) is 15.3 Å². The van der Waals surface area contributed by atoms with Crippen LogP contribution in [0.15, 0.2) is 73.3 Å². The van der Waals surface area contributed by atoms with Crippen molar-refractivity contribution in [2.75, 3.05) is 17.2 Å². The highest BCUT2D eigenvalue weighted by molar-refractivity contribution is 5.94. The zero-order valence-electron chi connectivity index (χ0n) is 16.0. The fraction of sp³-hybridized carbons (Fsp3) is 0.0909. The van der Waals surface area contributed by atoms with Gasteiger partial charge in [0, 0.05) is 36.5 Å². The molecule has 0 fully saturated rings. The fourth-order valence-electron chi connectivity index (χ4n) is 2.63. The van der Waals surface area contributed by atoms with Gasteiger partial charge in [0.15, 0.2) is 5.82 Å². The first-order valence-corrected chi connectivity index (χ1v) is 9.03. The summed E-state index contributed by atoms with van der Waals surface area (Å²) in [7, 11) is 0. The van der Waals surface area contributed by atoms with E-state index < -0.39 is 0 Å². The molecular formula is C22H21N5O2. The first kappa shape index (κ1) is 19.8. The number of aromatic nitrogens is 2. The summed E-state index contributed by atoms with van der Waals surface area (Å²) in [5.74, 6) is 0.413. The number of hydrogen-bond donors (Lipinski definition) is 3. The van der Waals surface area contributed by atoms with E-state index in [9.17, 15) is 9.59 Å². The van der Waals surface area contributed by atoms with E-state index in [2.05, 4.69) is 32.5 Å². The lowest BCUT2D eigenvalue weighted by Gasteiger charge is -2.11. The van der Waals surface area contributed by atoms with Gasteiger partial charge in [-0.2, -0.15) is 0 Å². The number of hydrogen-bond acceptors (Lipinski definition) is 5. The standard InChI is InChI=1S/C22H21N5O2/c1-3-12-23-22(29)19-14-20(27-21(26-19)16-8-5-4-6-9-16)25-18-11-7-10-17(13-18)24-15(2)28/h3-11,13-14H,1,12H2,2H3,(H,23,29)(H,24,28)(H,25,26,27). The Kier molecular flexibility index (Phi) is 6.32. The topological polar surface area (TPSA) is 96.0 Å². The van der Waals surface area contributed by atoms with Crippen LogP contribution < -0.4 is 16.0 Å². The Hall–Kier alpha value is -4.00. The molecule has 1 heterocycles. The van der Waals surface area contributed by atoms with Gasteiger partial charge in [-0.15, -0.1) is 6.58 Å². The normalized spacial score (nSPS) is 10.1. The van der Waals surface area contributed by atoms with Crippen molar-refractivity contribution in [2.24, 2.45) is 0 Å². The molecule has 2 aromatic carbocycles. The van der Waals surface area contributed by atoms with E-state index in [0.29, 0.717) is 29.6 Å². The monoisotopic (exact) mass is 387 g/mol. The summed E-state index contributed by atoms with van der Waals surface area (Å²) in [6.45, 7) is 5.39. The molecule has 2 amide bonds. The van der Waals surface area contributed by atoms with Crippen LogP contribution in [0, 0.1) is 0 Å². The molecule has 0 aliphatic heterocycles. The Morgan fingerprint density at radius 2 is 1.76 bits per heavy atom. The molecule has 0 bridgehead atoms. The van der Waals surface area contributed by atoms with Crippen LogP contribution in [-0.4, -0.2) is 28.3 Å². The molecule has 29 heavy (non-hydrogen) atoms. The Balaban J connectivity index is 1.95. The van der Waals surface area contributed by atoms with Gasteiger partial charge in [-0.25, -0.2) is 9.97 Å². The van der Waals surface area contributed by atoms with Crippen LogP contribution in [0.4, 0.5) is 17.2 Å². The van der Waals surface area contributed by atoms with E-state index in [-0.39, 0.29) is 17.5 Å². The molecule has 146 valence electrons. The first-order valence-electron chi connectivity index (χ1n) is 9.03. The largest absolute Gasteiger partial charge is 0.347 e. The van der Waals surface area contributed by atoms with Crippen LogP contribution in [0.3, 0.4) is 0 Å². The lowest BCUT2D eigenvalue weighted by Crippen LogP contribution is -2.24. The molecule has 7 nitrogen and oxygen atoms in total. The highest BCUT2D eigenvalue weighted by Gasteiger charge is 2.13. The van der Waals surface area contributed by atoms with Crippen molar-refractivity contribution >= 4 is 29.0 Å². The number of benzene rings is 2. The van der Waals surface area contributed by atoms with Crippen molar-refractivity contribution in [2.45, 2.75) is 6.92 Å². The predicted molar refractivity (Wildman–Crippen MR) is 114 cm³/mol. The minimum absolute atomic E-state index is 0.156. The van der Waals surface area contributed by atoms with Gasteiger partial charge < -0.3 is 16.0 Å². The van der Waals surface area contributed by atoms with Crippen molar-refractivity contribution in [3.8, 4) is 11.4 Å². The van der Waals surface area contributed by atoms with Gasteiger partial charge in [-0.3, -0.25) is 9.59 Å². The van der Waals surface area contributed by atoms with Crippen molar-refractivity contribution < 1.29 is 9.59 Å². The minimum atomic E-state index is -0.320. The summed E-state index contributed by atoms with van der Waals surface area (Å²) in [5, 5.41) is 8.64. The highest BCUT2D eigenvalue weighted by atomic mass is 16.2. The van der Waals surface area contributed by atoms with Gasteiger partial charge in [0.05, 0.1) is 0 Å².